The number of nitrogens with one attached hydrogen (secondary N) is 1. The van der Waals surface area contributed by atoms with Crippen molar-refractivity contribution in [1.82, 2.24) is 19.6 Å². The summed E-state index contributed by atoms with van der Waals surface area (Å²) in [5.74, 6) is 0.357. The highest BCUT2D eigenvalue weighted by Crippen LogP contribution is 2.22. The molecule has 19 heavy (non-hydrogen) atoms. The lowest BCUT2D eigenvalue weighted by Gasteiger charge is -2.03. The molecule has 3 rings (SSSR count). The second-order valence-corrected chi connectivity index (χ2v) is 4.63. The van der Waals surface area contributed by atoms with Crippen molar-refractivity contribution in [1.29, 1.82) is 0 Å². The van der Waals surface area contributed by atoms with E-state index in [1.54, 1.807) is 24.0 Å². The Labute approximate surface area is 110 Å². The molecule has 1 aliphatic heterocycles. The Morgan fingerprint density at radius 3 is 3.05 bits per heavy atom. The number of fused-ring (bicyclic) bond motifs is 1. The van der Waals surface area contributed by atoms with Crippen LogP contribution in [0.4, 0.5) is 5.82 Å². The SMILES string of the molecule is Cn1ccc(NC(=O)c2c(CN)nn3c2CCC3)n1. The summed E-state index contributed by atoms with van der Waals surface area (Å²) in [6, 6.07) is 1.75. The first-order valence-electron chi connectivity index (χ1n) is 6.28. The summed E-state index contributed by atoms with van der Waals surface area (Å²) in [7, 11) is 1.80. The molecule has 0 atom stereocenters. The van der Waals surface area contributed by atoms with Crippen molar-refractivity contribution >= 4 is 11.7 Å². The van der Waals surface area contributed by atoms with Crippen LogP contribution in [-0.2, 0) is 26.6 Å². The number of hydrogen-bond acceptors (Lipinski definition) is 4. The Balaban J connectivity index is 1.91. The summed E-state index contributed by atoms with van der Waals surface area (Å²) in [6.07, 6.45) is 3.68. The molecule has 0 aliphatic carbocycles. The van der Waals surface area contributed by atoms with Gasteiger partial charge in [-0.2, -0.15) is 10.2 Å². The van der Waals surface area contributed by atoms with E-state index in [0.29, 0.717) is 17.1 Å². The van der Waals surface area contributed by atoms with Gasteiger partial charge in [-0.3, -0.25) is 14.2 Å². The van der Waals surface area contributed by atoms with Crippen LogP contribution in [0.5, 0.6) is 0 Å². The summed E-state index contributed by atoms with van der Waals surface area (Å²) < 4.78 is 3.53. The predicted octanol–water partition coefficient (Wildman–Crippen LogP) is 0.274. The normalized spacial score (nSPS) is 13.6. The van der Waals surface area contributed by atoms with Crippen LogP contribution in [0.3, 0.4) is 0 Å². The summed E-state index contributed by atoms with van der Waals surface area (Å²) in [5, 5.41) is 11.3. The van der Waals surface area contributed by atoms with Crippen LogP contribution in [0.15, 0.2) is 12.3 Å². The van der Waals surface area contributed by atoms with Gasteiger partial charge in [-0.25, -0.2) is 0 Å². The molecule has 0 fully saturated rings. The van der Waals surface area contributed by atoms with Crippen molar-refractivity contribution in [3.63, 3.8) is 0 Å². The monoisotopic (exact) mass is 260 g/mol. The van der Waals surface area contributed by atoms with E-state index in [4.69, 9.17) is 5.73 Å². The third-order valence-corrected chi connectivity index (χ3v) is 3.29. The van der Waals surface area contributed by atoms with Gasteiger partial charge in [-0.1, -0.05) is 0 Å². The van der Waals surface area contributed by atoms with Crippen molar-refractivity contribution in [3.05, 3.63) is 29.2 Å². The smallest absolute Gasteiger partial charge is 0.260 e. The first-order valence-corrected chi connectivity index (χ1v) is 6.28. The minimum absolute atomic E-state index is 0.178. The van der Waals surface area contributed by atoms with Crippen LogP contribution < -0.4 is 11.1 Å². The van der Waals surface area contributed by atoms with E-state index in [9.17, 15) is 4.79 Å². The summed E-state index contributed by atoms with van der Waals surface area (Å²) >= 11 is 0. The molecule has 0 bridgehead atoms. The Hall–Kier alpha value is -2.15. The topological polar surface area (TPSA) is 90.8 Å². The van der Waals surface area contributed by atoms with E-state index in [1.807, 2.05) is 4.68 Å². The number of nitrogens with zero attached hydrogens (tertiary/aromatic N) is 4. The number of nitrogens with two attached hydrogens (primary N) is 1. The number of carbonyl (C=O) groups is 1. The molecule has 0 saturated heterocycles. The van der Waals surface area contributed by atoms with Gasteiger partial charge in [0.15, 0.2) is 5.82 Å². The third-order valence-electron chi connectivity index (χ3n) is 3.29. The molecule has 7 nitrogen and oxygen atoms in total. The molecule has 0 radical (unpaired) electrons. The number of aryl methyl sites for hydroxylation is 2. The highest BCUT2D eigenvalue weighted by atomic mass is 16.1. The van der Waals surface area contributed by atoms with E-state index in [-0.39, 0.29) is 12.5 Å². The average molecular weight is 260 g/mol. The Kier molecular flexibility index (Phi) is 2.83. The van der Waals surface area contributed by atoms with E-state index in [1.165, 1.54) is 0 Å². The van der Waals surface area contributed by atoms with Gasteiger partial charge in [0.1, 0.15) is 0 Å². The zero-order valence-corrected chi connectivity index (χ0v) is 10.8. The van der Waals surface area contributed by atoms with Gasteiger partial charge >= 0.3 is 0 Å². The van der Waals surface area contributed by atoms with Crippen LogP contribution >= 0.6 is 0 Å². The van der Waals surface area contributed by atoms with Crippen LogP contribution in [0.1, 0.15) is 28.2 Å². The fraction of sp³-hybridized carbons (Fsp3) is 0.417. The molecule has 7 heteroatoms. The molecular weight excluding hydrogens is 244 g/mol. The number of amides is 1. The lowest BCUT2D eigenvalue weighted by Crippen LogP contribution is -2.17. The van der Waals surface area contributed by atoms with Crippen molar-refractivity contribution < 1.29 is 4.79 Å². The molecule has 3 N–H and O–H groups in total. The van der Waals surface area contributed by atoms with E-state index in [0.717, 1.165) is 25.1 Å². The molecule has 2 aromatic rings. The first kappa shape index (κ1) is 11.9. The van der Waals surface area contributed by atoms with Gasteiger partial charge in [0.05, 0.1) is 17.0 Å². The van der Waals surface area contributed by atoms with Gasteiger partial charge in [0.2, 0.25) is 0 Å². The van der Waals surface area contributed by atoms with Crippen molar-refractivity contribution in [2.75, 3.05) is 5.32 Å². The van der Waals surface area contributed by atoms with Crippen molar-refractivity contribution in [3.8, 4) is 0 Å². The van der Waals surface area contributed by atoms with Crippen molar-refractivity contribution in [2.45, 2.75) is 25.9 Å². The summed E-state index contributed by atoms with van der Waals surface area (Å²) in [6.45, 7) is 1.13. The molecule has 0 unspecified atom stereocenters. The molecule has 1 aliphatic rings. The molecule has 1 amide bonds. The fourth-order valence-electron chi connectivity index (χ4n) is 2.45. The quantitative estimate of drug-likeness (QED) is 0.829. The number of rotatable bonds is 3. The molecule has 0 aromatic carbocycles. The lowest BCUT2D eigenvalue weighted by molar-refractivity contribution is 0.102. The van der Waals surface area contributed by atoms with E-state index < -0.39 is 0 Å². The number of aromatic nitrogens is 4. The predicted molar refractivity (Wildman–Crippen MR) is 69.6 cm³/mol. The number of carbonyl (C=O) groups excluding carboxylic acids is 1. The minimum atomic E-state index is -0.178. The number of hydrogen-bond donors (Lipinski definition) is 2. The van der Waals surface area contributed by atoms with E-state index >= 15 is 0 Å². The van der Waals surface area contributed by atoms with Crippen LogP contribution in [0, 0.1) is 0 Å². The summed E-state index contributed by atoms with van der Waals surface area (Å²) in [4.78, 5) is 12.4. The average Bonchev–Trinajstić information content (AvgIpc) is 3.03. The Morgan fingerprint density at radius 2 is 2.37 bits per heavy atom. The minimum Gasteiger partial charge on any atom is -0.325 e. The van der Waals surface area contributed by atoms with Crippen LogP contribution in [0.2, 0.25) is 0 Å². The maximum absolute atomic E-state index is 12.4. The highest BCUT2D eigenvalue weighted by molar-refractivity contribution is 6.05. The maximum Gasteiger partial charge on any atom is 0.260 e. The molecule has 0 spiro atoms. The molecular formula is C12H16N6O. The molecule has 3 heterocycles. The molecule has 100 valence electrons. The summed E-state index contributed by atoms with van der Waals surface area (Å²) in [5.41, 5.74) is 7.92. The Bertz CT molecular complexity index is 626. The Morgan fingerprint density at radius 1 is 1.53 bits per heavy atom. The first-order chi connectivity index (χ1) is 9.19. The van der Waals surface area contributed by atoms with Gasteiger partial charge in [0, 0.05) is 32.4 Å². The second-order valence-electron chi connectivity index (χ2n) is 4.63. The van der Waals surface area contributed by atoms with Crippen LogP contribution in [0.25, 0.3) is 0 Å². The highest BCUT2D eigenvalue weighted by Gasteiger charge is 2.26. The van der Waals surface area contributed by atoms with Gasteiger partial charge in [0.25, 0.3) is 5.91 Å². The largest absolute Gasteiger partial charge is 0.325 e. The lowest BCUT2D eigenvalue weighted by atomic mass is 10.1. The second kappa shape index (κ2) is 4.51. The maximum atomic E-state index is 12.4. The van der Waals surface area contributed by atoms with Crippen molar-refractivity contribution in [2.24, 2.45) is 12.8 Å². The van der Waals surface area contributed by atoms with E-state index in [2.05, 4.69) is 15.5 Å². The fourth-order valence-corrected chi connectivity index (χ4v) is 2.45. The number of anilines is 1. The standard InChI is InChI=1S/C12H16N6O/c1-17-6-4-10(16-17)14-12(19)11-8(7-13)15-18-5-2-3-9(11)18/h4,6H,2-3,5,7,13H2,1H3,(H,14,16,19). The van der Waals surface area contributed by atoms with Gasteiger partial charge < -0.3 is 11.1 Å². The zero-order chi connectivity index (χ0) is 13.4. The zero-order valence-electron chi connectivity index (χ0n) is 10.8. The molecule has 0 saturated carbocycles. The third kappa shape index (κ3) is 2.01. The van der Waals surface area contributed by atoms with Crippen LogP contribution in [-0.4, -0.2) is 25.5 Å². The molecule has 2 aromatic heterocycles. The van der Waals surface area contributed by atoms with Gasteiger partial charge in [-0.15, -0.1) is 0 Å². The van der Waals surface area contributed by atoms with Gasteiger partial charge in [-0.05, 0) is 12.8 Å².